The van der Waals surface area contributed by atoms with Crippen LogP contribution in [-0.4, -0.2) is 38.2 Å². The number of para-hydroxylation sites is 2. The smallest absolute Gasteiger partial charge is 0.338 e. The standard InChI is InChI=1S/C86H56BN7O4/c88-53-58-36-41-76(71(46-58)84-90-82(60-28-14-4-15-29-60)89-83(91-84)61-30-16-5-17-31-61)94-74-42-37-62(59-26-12-3-13-27-59)47-69(74)70-48-63(38-43-75(70)94)66-51-79-81-80(52-66)93(68-34-20-7-21-35-68)78-45-40-65(86(96)98-55-57-24-10-2-11-25-57)50-73(78)87(81)72-49-64(85(95)97-54-56-22-8-1-9-23-56)39-44-77(72)92(79)67-32-18-6-19-33-67/h1-52H,54-55H2. The largest absolute Gasteiger partial charge is 0.457 e. The minimum absolute atomic E-state index is 0.110. The van der Waals surface area contributed by atoms with Gasteiger partial charge in [-0.3, -0.25) is 0 Å². The molecule has 2 aliphatic heterocycles. The van der Waals surface area contributed by atoms with Gasteiger partial charge in [0, 0.05) is 61.6 Å². The van der Waals surface area contributed by atoms with E-state index in [0.29, 0.717) is 39.7 Å². The SMILES string of the molecule is N#Cc1ccc(-n2c3ccc(-c4ccccc4)cc3c3cc(-c4cc5c6c(c4)N(c4ccccc4)c4ccc(C(=O)OCc7ccccc7)cc4B6c4cc(C(=O)OCc6ccccc6)ccc4N5c4ccccc4)ccc32)c(-c2nc(-c3ccccc3)nc(-c3ccccc3)n2)c1. The lowest BCUT2D eigenvalue weighted by Gasteiger charge is -2.44. The number of hydrogen-bond donors (Lipinski definition) is 0. The molecule has 15 aromatic rings. The van der Waals surface area contributed by atoms with Gasteiger partial charge in [0.15, 0.2) is 17.5 Å². The quantitative estimate of drug-likeness (QED) is 0.0767. The molecular weight excluding hydrogens is 1210 g/mol. The summed E-state index contributed by atoms with van der Waals surface area (Å²) in [5.41, 5.74) is 20.1. The number of carbonyl (C=O) groups excluding carboxylic acids is 2. The predicted octanol–water partition coefficient (Wildman–Crippen LogP) is 18.0. The third-order valence-electron chi connectivity index (χ3n) is 18.5. The van der Waals surface area contributed by atoms with Crippen LogP contribution in [0.2, 0.25) is 0 Å². The van der Waals surface area contributed by atoms with E-state index in [1.54, 1.807) is 0 Å². The molecule has 0 bridgehead atoms. The van der Waals surface area contributed by atoms with E-state index in [0.717, 1.165) is 123 Å². The van der Waals surface area contributed by atoms with Gasteiger partial charge in [-0.15, -0.1) is 0 Å². The molecule has 462 valence electrons. The summed E-state index contributed by atoms with van der Waals surface area (Å²) in [6, 6.07) is 108. The van der Waals surface area contributed by atoms with Crippen molar-refractivity contribution in [2.24, 2.45) is 0 Å². The van der Waals surface area contributed by atoms with Crippen LogP contribution in [0.15, 0.2) is 315 Å². The lowest BCUT2D eigenvalue weighted by molar-refractivity contribution is 0.0464. The summed E-state index contributed by atoms with van der Waals surface area (Å²) < 4.78 is 14.4. The van der Waals surface area contributed by atoms with Crippen molar-refractivity contribution in [2.45, 2.75) is 13.2 Å². The van der Waals surface area contributed by atoms with Crippen molar-refractivity contribution in [2.75, 3.05) is 9.80 Å². The maximum Gasteiger partial charge on any atom is 0.338 e. The summed E-state index contributed by atoms with van der Waals surface area (Å²) in [4.78, 5) is 49.0. The van der Waals surface area contributed by atoms with Gasteiger partial charge in [0.05, 0.1) is 39.5 Å². The first-order valence-electron chi connectivity index (χ1n) is 32.5. The van der Waals surface area contributed by atoms with Crippen molar-refractivity contribution in [1.29, 1.82) is 5.26 Å². The fourth-order valence-corrected chi connectivity index (χ4v) is 13.9. The number of hydrogen-bond acceptors (Lipinski definition) is 10. The number of esters is 2. The van der Waals surface area contributed by atoms with Crippen molar-refractivity contribution in [3.8, 4) is 68.2 Å². The summed E-state index contributed by atoms with van der Waals surface area (Å²) in [7, 11) is 0. The Bertz CT molecular complexity index is 5410. The molecule has 98 heavy (non-hydrogen) atoms. The van der Waals surface area contributed by atoms with Crippen molar-refractivity contribution in [1.82, 2.24) is 19.5 Å². The Labute approximate surface area is 566 Å². The van der Waals surface area contributed by atoms with Crippen LogP contribution in [0.25, 0.3) is 83.9 Å². The number of nitriles is 1. The van der Waals surface area contributed by atoms with Gasteiger partial charge in [0.1, 0.15) is 13.2 Å². The molecule has 0 radical (unpaired) electrons. The monoisotopic (exact) mass is 1260 g/mol. The summed E-state index contributed by atoms with van der Waals surface area (Å²) in [5.74, 6) is 0.537. The molecule has 17 rings (SSSR count). The topological polar surface area (TPSA) is 126 Å². The highest BCUT2D eigenvalue weighted by Crippen LogP contribution is 2.48. The third-order valence-corrected chi connectivity index (χ3v) is 18.5. The number of benzene rings is 13. The van der Waals surface area contributed by atoms with Crippen LogP contribution in [0.4, 0.5) is 34.1 Å². The molecule has 2 aromatic heterocycles. The zero-order valence-electron chi connectivity index (χ0n) is 52.8. The second-order valence-corrected chi connectivity index (χ2v) is 24.4. The normalized spacial score (nSPS) is 12.0. The van der Waals surface area contributed by atoms with Gasteiger partial charge in [-0.25, -0.2) is 24.5 Å². The molecule has 0 N–H and O–H groups in total. The molecule has 12 heteroatoms. The molecule has 0 atom stereocenters. The van der Waals surface area contributed by atoms with Gasteiger partial charge in [0.2, 0.25) is 0 Å². The molecule has 4 heterocycles. The lowest BCUT2D eigenvalue weighted by Crippen LogP contribution is -2.61. The highest BCUT2D eigenvalue weighted by Gasteiger charge is 2.44. The third kappa shape index (κ3) is 10.7. The summed E-state index contributed by atoms with van der Waals surface area (Å²) >= 11 is 0. The van der Waals surface area contributed by atoms with E-state index in [1.807, 2.05) is 218 Å². The van der Waals surface area contributed by atoms with Gasteiger partial charge in [0.25, 0.3) is 6.71 Å². The number of anilines is 6. The average Bonchev–Trinajstić information content (AvgIpc) is 0.783. The molecule has 0 saturated carbocycles. The molecule has 13 aromatic carbocycles. The van der Waals surface area contributed by atoms with Crippen LogP contribution >= 0.6 is 0 Å². The molecule has 2 aliphatic rings. The summed E-state index contributed by atoms with van der Waals surface area (Å²) in [6.45, 7) is -0.282. The second-order valence-electron chi connectivity index (χ2n) is 24.4. The Kier molecular flexibility index (Phi) is 14.9. The predicted molar refractivity (Wildman–Crippen MR) is 391 cm³/mol. The first-order chi connectivity index (χ1) is 48.4. The minimum Gasteiger partial charge on any atom is -0.457 e. The highest BCUT2D eigenvalue weighted by molar-refractivity contribution is 7.00. The molecule has 11 nitrogen and oxygen atoms in total. The maximum atomic E-state index is 14.4. The Morgan fingerprint density at radius 2 is 0.776 bits per heavy atom. The van der Waals surface area contributed by atoms with E-state index >= 15 is 0 Å². The number of carbonyl (C=O) groups is 2. The molecule has 0 saturated heterocycles. The zero-order valence-corrected chi connectivity index (χ0v) is 52.8. The summed E-state index contributed by atoms with van der Waals surface area (Å²) in [5, 5.41) is 12.6. The molecule has 0 spiro atoms. The Balaban J connectivity index is 0.890. The number of nitrogens with zero attached hydrogens (tertiary/aromatic N) is 7. The second kappa shape index (κ2) is 24.9. The Morgan fingerprint density at radius 1 is 0.367 bits per heavy atom. The molecule has 0 amide bonds. The lowest BCUT2D eigenvalue weighted by atomic mass is 9.33. The van der Waals surface area contributed by atoms with E-state index < -0.39 is 18.7 Å². The zero-order chi connectivity index (χ0) is 65.6. The van der Waals surface area contributed by atoms with E-state index in [2.05, 4.69) is 117 Å². The highest BCUT2D eigenvalue weighted by atomic mass is 16.5. The minimum atomic E-state index is -0.502. The van der Waals surface area contributed by atoms with Crippen molar-refractivity contribution < 1.29 is 19.1 Å². The van der Waals surface area contributed by atoms with Crippen LogP contribution in [0.1, 0.15) is 37.4 Å². The van der Waals surface area contributed by atoms with Crippen LogP contribution in [-0.2, 0) is 22.7 Å². The van der Waals surface area contributed by atoms with Crippen LogP contribution in [0.3, 0.4) is 0 Å². The number of ether oxygens (including phenoxy) is 2. The van der Waals surface area contributed by atoms with E-state index in [9.17, 15) is 14.9 Å². The first kappa shape index (κ1) is 58.6. The molecule has 0 aliphatic carbocycles. The van der Waals surface area contributed by atoms with Gasteiger partial charge in [-0.05, 0) is 153 Å². The van der Waals surface area contributed by atoms with Crippen LogP contribution in [0, 0.1) is 11.3 Å². The van der Waals surface area contributed by atoms with Gasteiger partial charge >= 0.3 is 11.9 Å². The van der Waals surface area contributed by atoms with Gasteiger partial charge in [-0.2, -0.15) is 5.26 Å². The Hall–Kier alpha value is -13.2. The van der Waals surface area contributed by atoms with Gasteiger partial charge in [-0.1, -0.05) is 212 Å². The maximum absolute atomic E-state index is 14.4. The van der Waals surface area contributed by atoms with Crippen molar-refractivity contribution in [3.05, 3.63) is 343 Å². The fraction of sp³-hybridized carbons (Fsp3) is 0.0233. The molecular formula is C86H56BN7O4. The van der Waals surface area contributed by atoms with Crippen LogP contribution < -0.4 is 26.2 Å². The van der Waals surface area contributed by atoms with E-state index in [-0.39, 0.29) is 13.2 Å². The number of rotatable bonds is 14. The van der Waals surface area contributed by atoms with Crippen molar-refractivity contribution in [3.63, 3.8) is 0 Å². The number of fused-ring (bicyclic) bond motifs is 7. The number of aromatic nitrogens is 4. The first-order valence-corrected chi connectivity index (χ1v) is 32.5. The average molecular weight is 1260 g/mol. The molecule has 0 unspecified atom stereocenters. The molecule has 0 fully saturated rings. The Morgan fingerprint density at radius 3 is 1.23 bits per heavy atom. The summed E-state index contributed by atoms with van der Waals surface area (Å²) in [6.07, 6.45) is 0. The van der Waals surface area contributed by atoms with Crippen molar-refractivity contribution >= 4 is 91.0 Å². The van der Waals surface area contributed by atoms with Crippen LogP contribution in [0.5, 0.6) is 0 Å². The fourth-order valence-electron chi connectivity index (χ4n) is 13.9. The van der Waals surface area contributed by atoms with Gasteiger partial charge < -0.3 is 23.8 Å². The van der Waals surface area contributed by atoms with E-state index in [1.165, 1.54) is 0 Å². The van der Waals surface area contributed by atoms with E-state index in [4.69, 9.17) is 24.4 Å².